The van der Waals surface area contributed by atoms with E-state index in [4.69, 9.17) is 11.5 Å². The molecule has 194 valence electrons. The molecule has 0 spiro atoms. The highest BCUT2D eigenvalue weighted by Crippen LogP contribution is 2.10. The number of rotatable bonds is 15. The van der Waals surface area contributed by atoms with E-state index in [1.807, 2.05) is 30.3 Å². The summed E-state index contributed by atoms with van der Waals surface area (Å²) in [6, 6.07) is 4.75. The molecule has 0 saturated carbocycles. The molecule has 5 unspecified atom stereocenters. The fourth-order valence-corrected chi connectivity index (χ4v) is 3.45. The van der Waals surface area contributed by atoms with Crippen molar-refractivity contribution in [1.29, 1.82) is 0 Å². The number of amides is 4. The first-order valence-electron chi connectivity index (χ1n) is 11.3. The van der Waals surface area contributed by atoms with Crippen molar-refractivity contribution in [2.75, 3.05) is 5.75 Å². The second-order valence-corrected chi connectivity index (χ2v) is 8.68. The summed E-state index contributed by atoms with van der Waals surface area (Å²) < 4.78 is 0. The minimum Gasteiger partial charge on any atom is -0.480 e. The zero-order valence-corrected chi connectivity index (χ0v) is 20.8. The van der Waals surface area contributed by atoms with Crippen LogP contribution in [0.1, 0.15) is 38.7 Å². The Morgan fingerprint density at radius 1 is 0.971 bits per heavy atom. The quantitative estimate of drug-likeness (QED) is 0.152. The van der Waals surface area contributed by atoms with Gasteiger partial charge in [-0.3, -0.25) is 19.2 Å². The van der Waals surface area contributed by atoms with Crippen molar-refractivity contribution >= 4 is 42.2 Å². The number of carboxylic acid groups (broad SMARTS) is 1. The summed E-state index contributed by atoms with van der Waals surface area (Å²) in [5, 5.41) is 16.8. The number of thiol groups is 1. The van der Waals surface area contributed by atoms with Crippen LogP contribution < -0.4 is 27.4 Å². The second-order valence-electron chi connectivity index (χ2n) is 8.32. The molecule has 8 N–H and O–H groups in total. The van der Waals surface area contributed by atoms with Crippen LogP contribution in [0.3, 0.4) is 0 Å². The monoisotopic (exact) mass is 509 g/mol. The largest absolute Gasteiger partial charge is 0.480 e. The van der Waals surface area contributed by atoms with E-state index in [0.717, 1.165) is 5.56 Å². The summed E-state index contributed by atoms with van der Waals surface area (Å²) in [6.07, 6.45) is 0.353. The van der Waals surface area contributed by atoms with E-state index in [9.17, 15) is 29.1 Å². The number of carbonyl (C=O) groups excluding carboxylic acids is 4. The predicted octanol–water partition coefficient (Wildman–Crippen LogP) is -0.663. The Bertz CT molecular complexity index is 884. The maximum atomic E-state index is 12.9. The Kier molecular flexibility index (Phi) is 12.8. The molecule has 0 radical (unpaired) electrons. The van der Waals surface area contributed by atoms with Crippen LogP contribution in [0.5, 0.6) is 0 Å². The Morgan fingerprint density at radius 2 is 1.57 bits per heavy atom. The molecule has 0 aliphatic rings. The zero-order chi connectivity index (χ0) is 26.5. The van der Waals surface area contributed by atoms with Crippen molar-refractivity contribution in [2.45, 2.75) is 63.7 Å². The third-order valence-corrected chi connectivity index (χ3v) is 5.90. The van der Waals surface area contributed by atoms with E-state index in [-0.39, 0.29) is 30.9 Å². The van der Waals surface area contributed by atoms with Crippen molar-refractivity contribution in [3.05, 3.63) is 35.9 Å². The van der Waals surface area contributed by atoms with E-state index in [2.05, 4.69) is 28.6 Å². The third kappa shape index (κ3) is 10.4. The molecule has 0 saturated heterocycles. The molecule has 0 aliphatic heterocycles. The van der Waals surface area contributed by atoms with Gasteiger partial charge >= 0.3 is 5.97 Å². The number of carbonyl (C=O) groups is 5. The summed E-state index contributed by atoms with van der Waals surface area (Å²) >= 11 is 4.14. The number of hydrogen-bond acceptors (Lipinski definition) is 7. The maximum Gasteiger partial charge on any atom is 0.326 e. The first-order valence-corrected chi connectivity index (χ1v) is 12.0. The van der Waals surface area contributed by atoms with E-state index < -0.39 is 53.8 Å². The number of nitrogens with two attached hydrogens (primary N) is 2. The lowest BCUT2D eigenvalue weighted by Crippen LogP contribution is -2.59. The van der Waals surface area contributed by atoms with Crippen LogP contribution >= 0.6 is 12.6 Å². The molecule has 11 nitrogen and oxygen atoms in total. The summed E-state index contributed by atoms with van der Waals surface area (Å²) in [4.78, 5) is 60.8. The molecule has 0 aliphatic carbocycles. The smallest absolute Gasteiger partial charge is 0.326 e. The van der Waals surface area contributed by atoms with Crippen LogP contribution in [0.15, 0.2) is 30.3 Å². The van der Waals surface area contributed by atoms with Gasteiger partial charge in [-0.1, -0.05) is 50.6 Å². The van der Waals surface area contributed by atoms with E-state index in [0.29, 0.717) is 6.42 Å². The highest BCUT2D eigenvalue weighted by Gasteiger charge is 2.32. The number of hydrogen-bond donors (Lipinski definition) is 7. The van der Waals surface area contributed by atoms with Gasteiger partial charge in [0.25, 0.3) is 0 Å². The van der Waals surface area contributed by atoms with E-state index in [1.165, 1.54) is 0 Å². The summed E-state index contributed by atoms with van der Waals surface area (Å²) in [5.41, 5.74) is 11.9. The van der Waals surface area contributed by atoms with Crippen LogP contribution in [0.25, 0.3) is 0 Å². The molecule has 0 heterocycles. The molecular weight excluding hydrogens is 474 g/mol. The van der Waals surface area contributed by atoms with Gasteiger partial charge in [-0.15, -0.1) is 0 Å². The topological polar surface area (TPSA) is 194 Å². The van der Waals surface area contributed by atoms with Gasteiger partial charge in [0.05, 0.1) is 6.04 Å². The number of benzene rings is 1. The molecule has 1 rings (SSSR count). The second kappa shape index (κ2) is 15.0. The molecule has 5 atom stereocenters. The molecule has 0 aromatic heterocycles. The van der Waals surface area contributed by atoms with E-state index >= 15 is 0 Å². The summed E-state index contributed by atoms with van der Waals surface area (Å²) in [7, 11) is 0. The van der Waals surface area contributed by atoms with Gasteiger partial charge in [-0.2, -0.15) is 12.6 Å². The molecule has 35 heavy (non-hydrogen) atoms. The number of carboxylic acids is 1. The third-order valence-electron chi connectivity index (χ3n) is 5.54. The SMILES string of the molecule is CCC(C)C(NC(=O)C(CS)NC(=O)C(N)Cc1ccccc1)C(=O)NC(CCC(N)=O)C(=O)O. The lowest BCUT2D eigenvalue weighted by atomic mass is 9.97. The molecular formula is C23H35N5O6S. The first-order chi connectivity index (χ1) is 16.5. The lowest BCUT2D eigenvalue weighted by Gasteiger charge is -2.27. The van der Waals surface area contributed by atoms with Crippen LogP contribution in [0.2, 0.25) is 0 Å². The maximum absolute atomic E-state index is 12.9. The van der Waals surface area contributed by atoms with Gasteiger partial charge < -0.3 is 32.5 Å². The van der Waals surface area contributed by atoms with E-state index in [1.54, 1.807) is 13.8 Å². The van der Waals surface area contributed by atoms with Gasteiger partial charge in [-0.25, -0.2) is 4.79 Å². The standard InChI is InChI=1S/C23H35N5O6S/c1-3-13(2)19(22(32)26-16(23(33)34)9-10-18(25)29)28-21(31)17(12-35)27-20(30)15(24)11-14-7-5-4-6-8-14/h4-8,13,15-17,19,35H,3,9-12,24H2,1-2H3,(H2,25,29)(H,26,32)(H,27,30)(H,28,31)(H,33,34). The molecule has 4 amide bonds. The summed E-state index contributed by atoms with van der Waals surface area (Å²) in [5.74, 6) is -4.39. The molecule has 12 heteroatoms. The molecule has 1 aromatic rings. The van der Waals surface area contributed by atoms with Crippen molar-refractivity contribution < 1.29 is 29.1 Å². The van der Waals surface area contributed by atoms with Crippen molar-refractivity contribution in [2.24, 2.45) is 17.4 Å². The molecule has 0 fully saturated rings. The van der Waals surface area contributed by atoms with Gasteiger partial charge in [0.1, 0.15) is 18.1 Å². The minimum absolute atomic E-state index is 0.0547. The Labute approximate surface area is 210 Å². The Balaban J connectivity index is 2.85. The fourth-order valence-electron chi connectivity index (χ4n) is 3.19. The van der Waals surface area contributed by atoms with Crippen LogP contribution in [0, 0.1) is 5.92 Å². The fraction of sp³-hybridized carbons (Fsp3) is 0.522. The lowest BCUT2D eigenvalue weighted by molar-refractivity contribution is -0.143. The Hall–Kier alpha value is -3.12. The van der Waals surface area contributed by atoms with Crippen molar-refractivity contribution in [3.63, 3.8) is 0 Å². The number of primary amides is 1. The highest BCUT2D eigenvalue weighted by atomic mass is 32.1. The average Bonchev–Trinajstić information content (AvgIpc) is 2.82. The molecule has 0 bridgehead atoms. The number of nitrogens with one attached hydrogen (secondary N) is 3. The van der Waals surface area contributed by atoms with Crippen LogP contribution in [-0.4, -0.2) is 64.6 Å². The van der Waals surface area contributed by atoms with Crippen molar-refractivity contribution in [1.82, 2.24) is 16.0 Å². The number of aliphatic carboxylic acids is 1. The highest BCUT2D eigenvalue weighted by molar-refractivity contribution is 7.80. The van der Waals surface area contributed by atoms with Gasteiger partial charge in [-0.05, 0) is 24.3 Å². The Morgan fingerprint density at radius 3 is 2.09 bits per heavy atom. The van der Waals surface area contributed by atoms with Crippen molar-refractivity contribution in [3.8, 4) is 0 Å². The minimum atomic E-state index is -1.35. The van der Waals surface area contributed by atoms with Gasteiger partial charge in [0.15, 0.2) is 0 Å². The average molecular weight is 510 g/mol. The summed E-state index contributed by atoms with van der Waals surface area (Å²) in [6.45, 7) is 3.52. The first kappa shape index (κ1) is 29.9. The van der Waals surface area contributed by atoms with Crippen LogP contribution in [0.4, 0.5) is 0 Å². The predicted molar refractivity (Wildman–Crippen MR) is 133 cm³/mol. The van der Waals surface area contributed by atoms with Gasteiger partial charge in [0, 0.05) is 12.2 Å². The van der Waals surface area contributed by atoms with Crippen LogP contribution in [-0.2, 0) is 30.4 Å². The normalized spacial score (nSPS) is 15.1. The molecule has 1 aromatic carbocycles. The van der Waals surface area contributed by atoms with Gasteiger partial charge in [0.2, 0.25) is 23.6 Å². The zero-order valence-electron chi connectivity index (χ0n) is 19.9.